The van der Waals surface area contributed by atoms with Gasteiger partial charge in [-0.3, -0.25) is 4.57 Å². The number of hydrogen-bond acceptors (Lipinski definition) is 3. The van der Waals surface area contributed by atoms with Crippen molar-refractivity contribution in [3.63, 3.8) is 0 Å². The smallest absolute Gasteiger partial charge is 0.235 e. The van der Waals surface area contributed by atoms with Gasteiger partial charge in [-0.1, -0.05) is 127 Å². The quantitative estimate of drug-likeness (QED) is 0.198. The van der Waals surface area contributed by atoms with Crippen LogP contribution in [0.2, 0.25) is 0 Å². The highest BCUT2D eigenvalue weighted by Crippen LogP contribution is 2.42. The lowest BCUT2D eigenvalue weighted by Gasteiger charge is -2.13. The second kappa shape index (κ2) is 10.5. The molecule has 0 fully saturated rings. The maximum Gasteiger partial charge on any atom is 0.235 e. The van der Waals surface area contributed by atoms with Gasteiger partial charge in [0.05, 0.1) is 27.6 Å². The normalized spacial score (nSPS) is 11.8. The Morgan fingerprint density at radius 2 is 1.06 bits per heavy atom. The van der Waals surface area contributed by atoms with Crippen molar-refractivity contribution in [2.75, 3.05) is 0 Å². The Labute approximate surface area is 276 Å². The van der Waals surface area contributed by atoms with Gasteiger partial charge in [-0.15, -0.1) is 0 Å². The second-order valence-corrected chi connectivity index (χ2v) is 12.2. The van der Waals surface area contributed by atoms with E-state index in [0.717, 1.165) is 82.6 Å². The molecule has 0 aliphatic rings. The van der Waals surface area contributed by atoms with E-state index in [1.54, 1.807) is 0 Å². The van der Waals surface area contributed by atoms with Gasteiger partial charge in [0.1, 0.15) is 11.2 Å². The molecule has 0 aliphatic heterocycles. The van der Waals surface area contributed by atoms with Crippen molar-refractivity contribution < 1.29 is 4.42 Å². The number of fused-ring (bicyclic) bond motifs is 8. The van der Waals surface area contributed by atoms with Crippen LogP contribution in [0.15, 0.2) is 168 Å². The number of nitrogens with zero attached hydrogens (tertiary/aromatic N) is 3. The van der Waals surface area contributed by atoms with Gasteiger partial charge in [0, 0.05) is 27.1 Å². The summed E-state index contributed by atoms with van der Waals surface area (Å²) in [5.41, 5.74) is 11.2. The Hall–Kier alpha value is -6.52. The van der Waals surface area contributed by atoms with Crippen LogP contribution in [0.3, 0.4) is 0 Å². The summed E-state index contributed by atoms with van der Waals surface area (Å²) in [6, 6.07) is 57.2. The first-order chi connectivity index (χ1) is 23.8. The fraction of sp³-hybridized carbons (Fsp3) is 0. The second-order valence-electron chi connectivity index (χ2n) is 12.2. The van der Waals surface area contributed by atoms with Crippen molar-refractivity contribution in [3.8, 4) is 39.5 Å². The topological polar surface area (TPSA) is 43.9 Å². The zero-order valence-electron chi connectivity index (χ0n) is 25.8. The van der Waals surface area contributed by atoms with Crippen LogP contribution in [0.5, 0.6) is 0 Å². The van der Waals surface area contributed by atoms with E-state index in [-0.39, 0.29) is 0 Å². The zero-order chi connectivity index (χ0) is 31.6. The van der Waals surface area contributed by atoms with E-state index in [9.17, 15) is 0 Å². The summed E-state index contributed by atoms with van der Waals surface area (Å²) in [4.78, 5) is 10.6. The highest BCUT2D eigenvalue weighted by atomic mass is 16.3. The highest BCUT2D eigenvalue weighted by molar-refractivity contribution is 6.24. The summed E-state index contributed by atoms with van der Waals surface area (Å²) in [6.07, 6.45) is 0. The molecule has 3 aromatic heterocycles. The number of aromatic nitrogens is 3. The Morgan fingerprint density at radius 3 is 1.88 bits per heavy atom. The van der Waals surface area contributed by atoms with Crippen LogP contribution in [-0.2, 0) is 0 Å². The van der Waals surface area contributed by atoms with E-state index in [2.05, 4.69) is 144 Å². The third-order valence-electron chi connectivity index (χ3n) is 9.42. The fourth-order valence-corrected chi connectivity index (χ4v) is 7.17. The largest absolute Gasteiger partial charge is 0.455 e. The third-order valence-corrected chi connectivity index (χ3v) is 9.42. The molecule has 10 rings (SSSR count). The number of hydrogen-bond donors (Lipinski definition) is 0. The Morgan fingerprint density at radius 1 is 0.417 bits per heavy atom. The maximum absolute atomic E-state index is 6.60. The minimum atomic E-state index is 0.620. The van der Waals surface area contributed by atoms with Gasteiger partial charge in [-0.2, -0.15) is 0 Å². The maximum atomic E-state index is 6.60. The molecule has 7 aromatic carbocycles. The zero-order valence-corrected chi connectivity index (χ0v) is 25.8. The fourth-order valence-electron chi connectivity index (χ4n) is 7.17. The van der Waals surface area contributed by atoms with Crippen molar-refractivity contribution in [2.45, 2.75) is 0 Å². The molecule has 0 amide bonds. The molecule has 0 unspecified atom stereocenters. The highest BCUT2D eigenvalue weighted by Gasteiger charge is 2.22. The molecule has 4 heteroatoms. The van der Waals surface area contributed by atoms with E-state index in [1.807, 2.05) is 24.3 Å². The predicted molar refractivity (Wildman–Crippen MR) is 197 cm³/mol. The monoisotopic (exact) mass is 613 g/mol. The van der Waals surface area contributed by atoms with E-state index in [1.165, 1.54) is 5.56 Å². The van der Waals surface area contributed by atoms with Crippen molar-refractivity contribution in [1.29, 1.82) is 0 Å². The van der Waals surface area contributed by atoms with Crippen LogP contribution in [0.1, 0.15) is 0 Å². The van der Waals surface area contributed by atoms with Crippen molar-refractivity contribution >= 4 is 54.6 Å². The molecule has 0 spiro atoms. The van der Waals surface area contributed by atoms with Crippen molar-refractivity contribution in [1.82, 2.24) is 14.5 Å². The molecule has 224 valence electrons. The Balaban J connectivity index is 1.30. The van der Waals surface area contributed by atoms with Crippen LogP contribution in [-0.4, -0.2) is 14.5 Å². The molecule has 3 heterocycles. The standard InChI is InChI=1S/C44H27N3O/c1-3-12-28(13-4-1)30-16-11-17-32(26-30)42-35-19-7-9-20-37(35)45-44(46-42)47-38-25-24-34-33-18-8-10-21-40(33)48-43(34)41(38)36-23-22-31(27-39(36)47)29-14-5-2-6-15-29/h1-27H. The van der Waals surface area contributed by atoms with E-state index < -0.39 is 0 Å². The lowest BCUT2D eigenvalue weighted by Crippen LogP contribution is -2.03. The molecule has 10 aromatic rings. The number of benzene rings is 7. The van der Waals surface area contributed by atoms with Gasteiger partial charge < -0.3 is 4.42 Å². The van der Waals surface area contributed by atoms with Crippen LogP contribution in [0.4, 0.5) is 0 Å². The minimum absolute atomic E-state index is 0.620. The number of para-hydroxylation sites is 2. The molecule has 0 bridgehead atoms. The lowest BCUT2D eigenvalue weighted by molar-refractivity contribution is 0.673. The molecule has 0 aliphatic carbocycles. The van der Waals surface area contributed by atoms with Gasteiger partial charge >= 0.3 is 0 Å². The third kappa shape index (κ3) is 4.10. The average Bonchev–Trinajstić information content (AvgIpc) is 3.70. The van der Waals surface area contributed by atoms with E-state index in [0.29, 0.717) is 5.95 Å². The molecule has 0 radical (unpaired) electrons. The molecule has 0 saturated heterocycles. The van der Waals surface area contributed by atoms with Crippen LogP contribution in [0, 0.1) is 0 Å². The number of rotatable bonds is 4. The van der Waals surface area contributed by atoms with Gasteiger partial charge in [-0.25, -0.2) is 9.97 Å². The summed E-state index contributed by atoms with van der Waals surface area (Å²) >= 11 is 0. The van der Waals surface area contributed by atoms with Gasteiger partial charge in [0.15, 0.2) is 0 Å². The molecule has 4 nitrogen and oxygen atoms in total. The summed E-state index contributed by atoms with van der Waals surface area (Å²) in [5.74, 6) is 0.620. The van der Waals surface area contributed by atoms with Gasteiger partial charge in [0.25, 0.3) is 0 Å². The first kappa shape index (κ1) is 26.7. The van der Waals surface area contributed by atoms with Crippen molar-refractivity contribution in [2.24, 2.45) is 0 Å². The molecule has 48 heavy (non-hydrogen) atoms. The number of furan rings is 1. The molecule has 0 atom stereocenters. The molecular weight excluding hydrogens is 587 g/mol. The first-order valence-electron chi connectivity index (χ1n) is 16.2. The van der Waals surface area contributed by atoms with E-state index in [4.69, 9.17) is 14.4 Å². The summed E-state index contributed by atoms with van der Waals surface area (Å²) < 4.78 is 8.81. The molecule has 0 N–H and O–H groups in total. The van der Waals surface area contributed by atoms with Crippen LogP contribution in [0.25, 0.3) is 94.1 Å². The predicted octanol–water partition coefficient (Wildman–Crippen LogP) is 11.6. The molecular formula is C44H27N3O. The van der Waals surface area contributed by atoms with E-state index >= 15 is 0 Å². The SMILES string of the molecule is c1ccc(-c2cccc(-c3nc(-n4c5cc(-c6ccccc6)ccc5c5c6oc7ccccc7c6ccc54)nc4ccccc34)c2)cc1. The van der Waals surface area contributed by atoms with Crippen molar-refractivity contribution in [3.05, 3.63) is 164 Å². The molecule has 0 saturated carbocycles. The average molecular weight is 614 g/mol. The van der Waals surface area contributed by atoms with Crippen LogP contribution >= 0.6 is 0 Å². The van der Waals surface area contributed by atoms with Gasteiger partial charge in [0.2, 0.25) is 5.95 Å². The van der Waals surface area contributed by atoms with Gasteiger partial charge in [-0.05, 0) is 58.7 Å². The Bertz CT molecular complexity index is 2830. The minimum Gasteiger partial charge on any atom is -0.455 e. The lowest BCUT2D eigenvalue weighted by atomic mass is 10.00. The summed E-state index contributed by atoms with van der Waals surface area (Å²) in [7, 11) is 0. The Kier molecular flexibility index (Phi) is 5.84. The van der Waals surface area contributed by atoms with Crippen LogP contribution < -0.4 is 0 Å². The summed E-state index contributed by atoms with van der Waals surface area (Å²) in [5, 5.41) is 5.37. The first-order valence-corrected chi connectivity index (χ1v) is 16.2. The summed E-state index contributed by atoms with van der Waals surface area (Å²) in [6.45, 7) is 0.